The zero-order valence-corrected chi connectivity index (χ0v) is 11.0. The number of halogens is 1. The van der Waals surface area contributed by atoms with Crippen LogP contribution in [0.15, 0.2) is 36.5 Å². The first-order valence-corrected chi connectivity index (χ1v) is 5.54. The molecule has 4 heteroatoms. The smallest absolute Gasteiger partial charge is 0.126 e. The van der Waals surface area contributed by atoms with Crippen molar-refractivity contribution >= 4 is 18.2 Å². The minimum atomic E-state index is 0. The van der Waals surface area contributed by atoms with E-state index in [1.807, 2.05) is 24.0 Å². The molecule has 0 unspecified atom stereocenters. The molecule has 0 bridgehead atoms. The number of aryl methyl sites for hydroxylation is 2. The van der Waals surface area contributed by atoms with Gasteiger partial charge in [0.15, 0.2) is 0 Å². The highest BCUT2D eigenvalue weighted by Gasteiger charge is 2.02. The number of aromatic nitrogens is 2. The lowest BCUT2D eigenvalue weighted by Crippen LogP contribution is -2.09. The normalized spacial score (nSPS) is 9.76. The second-order valence-corrected chi connectivity index (χ2v) is 3.96. The predicted octanol–water partition coefficient (Wildman–Crippen LogP) is 2.80. The second kappa shape index (κ2) is 6.30. The Kier molecular flexibility index (Phi) is 5.04. The maximum atomic E-state index is 4.20. The van der Waals surface area contributed by atoms with E-state index in [0.29, 0.717) is 0 Å². The minimum Gasteiger partial charge on any atom is -0.370 e. The highest BCUT2D eigenvalue weighted by atomic mass is 35.5. The summed E-state index contributed by atoms with van der Waals surface area (Å²) in [6, 6.07) is 10.5. The maximum Gasteiger partial charge on any atom is 0.126 e. The lowest BCUT2D eigenvalue weighted by atomic mass is 10.1. The zero-order chi connectivity index (χ0) is 11.4. The second-order valence-electron chi connectivity index (χ2n) is 3.96. The Balaban J connectivity index is 0.00000144. The van der Waals surface area contributed by atoms with Crippen LogP contribution < -0.4 is 5.32 Å². The summed E-state index contributed by atoms with van der Waals surface area (Å²) in [5.74, 6) is 1.11. The Bertz CT molecular complexity index is 431. The van der Waals surface area contributed by atoms with Crippen LogP contribution in [-0.2, 0) is 13.5 Å². The van der Waals surface area contributed by atoms with Crippen molar-refractivity contribution in [2.75, 3.05) is 11.9 Å². The van der Waals surface area contributed by atoms with E-state index in [-0.39, 0.29) is 12.4 Å². The summed E-state index contributed by atoms with van der Waals surface area (Å²) in [5, 5.41) is 7.61. The number of hydrogen-bond acceptors (Lipinski definition) is 2. The Morgan fingerprint density at radius 2 is 1.94 bits per heavy atom. The molecule has 0 aliphatic heterocycles. The van der Waals surface area contributed by atoms with Crippen LogP contribution in [0, 0.1) is 6.92 Å². The van der Waals surface area contributed by atoms with Crippen molar-refractivity contribution in [2.24, 2.45) is 7.05 Å². The van der Waals surface area contributed by atoms with Crippen LogP contribution in [0.3, 0.4) is 0 Å². The van der Waals surface area contributed by atoms with Gasteiger partial charge in [-0.05, 0) is 18.9 Å². The van der Waals surface area contributed by atoms with Gasteiger partial charge < -0.3 is 5.32 Å². The van der Waals surface area contributed by atoms with Crippen LogP contribution in [0.1, 0.15) is 11.1 Å². The molecule has 1 aromatic carbocycles. The molecule has 2 rings (SSSR count). The van der Waals surface area contributed by atoms with Crippen molar-refractivity contribution in [3.63, 3.8) is 0 Å². The first kappa shape index (κ1) is 13.6. The van der Waals surface area contributed by atoms with Crippen LogP contribution in [0.5, 0.6) is 0 Å². The summed E-state index contributed by atoms with van der Waals surface area (Å²) in [6.45, 7) is 3.00. The Morgan fingerprint density at radius 3 is 2.53 bits per heavy atom. The predicted molar refractivity (Wildman–Crippen MR) is 73.8 cm³/mol. The molecule has 2 aromatic rings. The molecule has 3 nitrogen and oxygen atoms in total. The lowest BCUT2D eigenvalue weighted by molar-refractivity contribution is 0.767. The molecule has 0 saturated carbocycles. The van der Waals surface area contributed by atoms with Gasteiger partial charge in [-0.3, -0.25) is 4.68 Å². The van der Waals surface area contributed by atoms with Gasteiger partial charge in [0.2, 0.25) is 0 Å². The summed E-state index contributed by atoms with van der Waals surface area (Å²) >= 11 is 0. The molecule has 1 aromatic heterocycles. The van der Waals surface area contributed by atoms with Crippen LogP contribution in [0.25, 0.3) is 0 Å². The number of hydrogen-bond donors (Lipinski definition) is 1. The molecule has 0 fully saturated rings. The minimum absolute atomic E-state index is 0. The van der Waals surface area contributed by atoms with Gasteiger partial charge in [0.25, 0.3) is 0 Å². The van der Waals surface area contributed by atoms with Crippen molar-refractivity contribution < 1.29 is 0 Å². The van der Waals surface area contributed by atoms with Gasteiger partial charge in [-0.1, -0.05) is 30.3 Å². The lowest BCUT2D eigenvalue weighted by Gasteiger charge is -2.07. The first-order chi connectivity index (χ1) is 7.77. The largest absolute Gasteiger partial charge is 0.370 e. The molecular formula is C13H18ClN3. The average molecular weight is 252 g/mol. The van der Waals surface area contributed by atoms with E-state index in [4.69, 9.17) is 0 Å². The average Bonchev–Trinajstić information content (AvgIpc) is 2.62. The van der Waals surface area contributed by atoms with Gasteiger partial charge >= 0.3 is 0 Å². The van der Waals surface area contributed by atoms with Crippen LogP contribution >= 0.6 is 12.4 Å². The van der Waals surface area contributed by atoms with Crippen molar-refractivity contribution in [1.29, 1.82) is 0 Å². The third kappa shape index (κ3) is 3.49. The molecule has 0 atom stereocenters. The van der Waals surface area contributed by atoms with E-state index >= 15 is 0 Å². The molecule has 1 heterocycles. The Hall–Kier alpha value is -1.48. The molecule has 0 saturated heterocycles. The van der Waals surface area contributed by atoms with Crippen LogP contribution in [-0.4, -0.2) is 16.3 Å². The Labute approximate surface area is 108 Å². The molecule has 0 amide bonds. The number of anilines is 1. The Morgan fingerprint density at radius 1 is 1.24 bits per heavy atom. The maximum absolute atomic E-state index is 4.20. The van der Waals surface area contributed by atoms with Gasteiger partial charge in [-0.2, -0.15) is 5.10 Å². The van der Waals surface area contributed by atoms with E-state index in [1.165, 1.54) is 11.1 Å². The molecule has 1 N–H and O–H groups in total. The number of nitrogens with zero attached hydrogens (tertiary/aromatic N) is 2. The highest BCUT2D eigenvalue weighted by Crippen LogP contribution is 2.11. The number of benzene rings is 1. The van der Waals surface area contributed by atoms with Crippen molar-refractivity contribution in [1.82, 2.24) is 9.78 Å². The standard InChI is InChI=1S/C13H17N3.ClH/c1-11-10-15-16(2)13(11)14-9-8-12-6-4-3-5-7-12;/h3-7,10,14H,8-9H2,1-2H3;1H. The van der Waals surface area contributed by atoms with Crippen LogP contribution in [0.4, 0.5) is 5.82 Å². The number of nitrogens with one attached hydrogen (secondary N) is 1. The van der Waals surface area contributed by atoms with Crippen molar-refractivity contribution in [2.45, 2.75) is 13.3 Å². The monoisotopic (exact) mass is 251 g/mol. The molecule has 0 aliphatic carbocycles. The van der Waals surface area contributed by atoms with Crippen molar-refractivity contribution in [3.05, 3.63) is 47.7 Å². The summed E-state index contributed by atoms with van der Waals surface area (Å²) in [7, 11) is 1.96. The molecule has 0 aliphatic rings. The first-order valence-electron chi connectivity index (χ1n) is 5.54. The van der Waals surface area contributed by atoms with E-state index < -0.39 is 0 Å². The summed E-state index contributed by atoms with van der Waals surface area (Å²) in [5.41, 5.74) is 2.55. The molecule has 0 spiro atoms. The zero-order valence-electron chi connectivity index (χ0n) is 10.2. The highest BCUT2D eigenvalue weighted by molar-refractivity contribution is 5.85. The summed E-state index contributed by atoms with van der Waals surface area (Å²) in [6.07, 6.45) is 2.91. The number of rotatable bonds is 4. The topological polar surface area (TPSA) is 29.9 Å². The quantitative estimate of drug-likeness (QED) is 0.906. The fraction of sp³-hybridized carbons (Fsp3) is 0.308. The third-order valence-corrected chi connectivity index (χ3v) is 2.67. The van der Waals surface area contributed by atoms with Gasteiger partial charge in [-0.25, -0.2) is 0 Å². The molecule has 17 heavy (non-hydrogen) atoms. The van der Waals surface area contributed by atoms with Crippen molar-refractivity contribution in [3.8, 4) is 0 Å². The van der Waals surface area contributed by atoms with Gasteiger partial charge in [0, 0.05) is 19.2 Å². The fourth-order valence-corrected chi connectivity index (χ4v) is 1.77. The third-order valence-electron chi connectivity index (χ3n) is 2.67. The molecular weight excluding hydrogens is 234 g/mol. The van der Waals surface area contributed by atoms with Gasteiger partial charge in [-0.15, -0.1) is 12.4 Å². The van der Waals surface area contributed by atoms with E-state index in [2.05, 4.69) is 41.6 Å². The summed E-state index contributed by atoms with van der Waals surface area (Å²) in [4.78, 5) is 0. The van der Waals surface area contributed by atoms with Gasteiger partial charge in [0.1, 0.15) is 5.82 Å². The van der Waals surface area contributed by atoms with E-state index in [1.54, 1.807) is 0 Å². The van der Waals surface area contributed by atoms with E-state index in [0.717, 1.165) is 18.8 Å². The molecule has 92 valence electrons. The van der Waals surface area contributed by atoms with Crippen LogP contribution in [0.2, 0.25) is 0 Å². The van der Waals surface area contributed by atoms with E-state index in [9.17, 15) is 0 Å². The fourth-order valence-electron chi connectivity index (χ4n) is 1.77. The SMILES string of the molecule is Cc1cnn(C)c1NCCc1ccccc1.Cl. The van der Waals surface area contributed by atoms with Gasteiger partial charge in [0.05, 0.1) is 6.20 Å². The summed E-state index contributed by atoms with van der Waals surface area (Å²) < 4.78 is 1.88. The molecule has 0 radical (unpaired) electrons.